The number of hydrogen-bond acceptors (Lipinski definition) is 6. The monoisotopic (exact) mass is 320 g/mol. The molecule has 1 heterocycles. The molecule has 7 nitrogen and oxygen atoms in total. The van der Waals surface area contributed by atoms with Gasteiger partial charge < -0.3 is 10.1 Å². The lowest BCUT2D eigenvalue weighted by atomic mass is 10.3. The van der Waals surface area contributed by atoms with Crippen LogP contribution in [0.3, 0.4) is 0 Å². The normalized spacial score (nSPS) is 11.7. The van der Waals surface area contributed by atoms with E-state index in [2.05, 4.69) is 20.5 Å². The van der Waals surface area contributed by atoms with Gasteiger partial charge in [-0.15, -0.1) is 5.10 Å². The van der Waals surface area contributed by atoms with Gasteiger partial charge in [0.05, 0.1) is 17.5 Å². The molecule has 0 aliphatic rings. The molecule has 1 amide bonds. The van der Waals surface area contributed by atoms with Crippen molar-refractivity contribution in [2.24, 2.45) is 0 Å². The van der Waals surface area contributed by atoms with Crippen LogP contribution in [-0.2, 0) is 4.79 Å². The van der Waals surface area contributed by atoms with Crippen LogP contribution in [0, 0.1) is 0 Å². The van der Waals surface area contributed by atoms with Crippen LogP contribution >= 0.6 is 11.8 Å². The lowest BCUT2D eigenvalue weighted by Crippen LogP contribution is -2.23. The Bertz CT molecular complexity index is 704. The molecule has 1 aromatic heterocycles. The number of thioether (sulfide) groups is 1. The van der Waals surface area contributed by atoms with Crippen LogP contribution in [-0.4, -0.2) is 32.9 Å². The third-order valence-electron chi connectivity index (χ3n) is 2.66. The molecular formula is C14H16N4O3S. The molecule has 0 radical (unpaired) electrons. The number of ether oxygens (including phenoxy) is 1. The molecule has 0 aliphatic carbocycles. The summed E-state index contributed by atoms with van der Waals surface area (Å²) in [5.74, 6) is 0.395. The quantitative estimate of drug-likeness (QED) is 0.786. The fraction of sp³-hybridized carbons (Fsp3) is 0.286. The van der Waals surface area contributed by atoms with E-state index in [1.807, 2.05) is 19.1 Å². The summed E-state index contributed by atoms with van der Waals surface area (Å²) in [6.45, 7) is 4.11. The highest BCUT2D eigenvalue weighted by molar-refractivity contribution is 8.00. The maximum atomic E-state index is 12.2. The first-order chi connectivity index (χ1) is 10.6. The lowest BCUT2D eigenvalue weighted by Gasteiger charge is -2.14. The van der Waals surface area contributed by atoms with Crippen molar-refractivity contribution in [3.8, 4) is 5.75 Å². The van der Waals surface area contributed by atoms with Crippen molar-refractivity contribution in [1.82, 2.24) is 15.2 Å². The van der Waals surface area contributed by atoms with Gasteiger partial charge in [-0.1, -0.05) is 23.9 Å². The average molecular weight is 320 g/mol. The minimum Gasteiger partial charge on any atom is -0.492 e. The van der Waals surface area contributed by atoms with Crippen LogP contribution in [0.25, 0.3) is 0 Å². The molecule has 116 valence electrons. The first-order valence-electron chi connectivity index (χ1n) is 6.71. The van der Waals surface area contributed by atoms with Crippen LogP contribution in [0.15, 0.2) is 40.4 Å². The van der Waals surface area contributed by atoms with Gasteiger partial charge in [0.2, 0.25) is 5.91 Å². The average Bonchev–Trinajstić information content (AvgIpc) is 2.49. The number of hydrogen-bond donors (Lipinski definition) is 2. The topological polar surface area (TPSA) is 97.0 Å². The zero-order chi connectivity index (χ0) is 15.9. The molecule has 0 bridgehead atoms. The number of aromatic amines is 1. The molecule has 2 aromatic rings. The van der Waals surface area contributed by atoms with E-state index in [4.69, 9.17) is 4.74 Å². The Morgan fingerprint density at radius 3 is 2.95 bits per heavy atom. The van der Waals surface area contributed by atoms with Crippen molar-refractivity contribution in [2.75, 3.05) is 11.9 Å². The van der Waals surface area contributed by atoms with E-state index in [-0.39, 0.29) is 11.5 Å². The predicted molar refractivity (Wildman–Crippen MR) is 84.2 cm³/mol. The molecule has 0 saturated carbocycles. The molecule has 2 N–H and O–H groups in total. The fourth-order valence-electron chi connectivity index (χ4n) is 1.66. The summed E-state index contributed by atoms with van der Waals surface area (Å²) in [7, 11) is 0. The largest absolute Gasteiger partial charge is 0.492 e. The van der Waals surface area contributed by atoms with Gasteiger partial charge in [0, 0.05) is 0 Å². The highest BCUT2D eigenvalue weighted by Gasteiger charge is 2.17. The minimum absolute atomic E-state index is 0.219. The highest BCUT2D eigenvalue weighted by Crippen LogP contribution is 2.25. The van der Waals surface area contributed by atoms with Crippen molar-refractivity contribution >= 4 is 23.4 Å². The molecule has 0 saturated heterocycles. The van der Waals surface area contributed by atoms with E-state index in [0.29, 0.717) is 23.2 Å². The zero-order valence-electron chi connectivity index (χ0n) is 12.2. The third-order valence-corrected chi connectivity index (χ3v) is 3.63. The van der Waals surface area contributed by atoms with E-state index in [1.54, 1.807) is 19.1 Å². The number of anilines is 1. The van der Waals surface area contributed by atoms with Crippen LogP contribution in [0.1, 0.15) is 13.8 Å². The summed E-state index contributed by atoms with van der Waals surface area (Å²) in [6, 6.07) is 7.21. The van der Waals surface area contributed by atoms with Crippen molar-refractivity contribution in [3.63, 3.8) is 0 Å². The summed E-state index contributed by atoms with van der Waals surface area (Å²) < 4.78 is 5.46. The molecular weight excluding hydrogens is 304 g/mol. The van der Waals surface area contributed by atoms with Gasteiger partial charge in [-0.3, -0.25) is 14.6 Å². The first kappa shape index (κ1) is 16.0. The van der Waals surface area contributed by atoms with Crippen molar-refractivity contribution in [2.45, 2.75) is 24.3 Å². The van der Waals surface area contributed by atoms with E-state index in [1.165, 1.54) is 0 Å². The number of benzene rings is 1. The number of carbonyl (C=O) groups is 1. The first-order valence-corrected chi connectivity index (χ1v) is 7.59. The predicted octanol–water partition coefficient (Wildman–Crippen LogP) is 1.68. The molecule has 0 fully saturated rings. The Morgan fingerprint density at radius 2 is 2.23 bits per heavy atom. The molecule has 0 spiro atoms. The third kappa shape index (κ3) is 4.32. The minimum atomic E-state index is -0.456. The standard InChI is InChI=1S/C14H16N4O3S/c1-3-21-11-7-5-4-6-10(11)16-13(20)9(2)22-14-17-12(19)8-15-18-14/h4-9H,3H2,1-2H3,(H,16,20)(H,17,18,19). The van der Waals surface area contributed by atoms with Gasteiger partial charge in [0.25, 0.3) is 5.56 Å². The Morgan fingerprint density at radius 1 is 1.45 bits per heavy atom. The second-order valence-corrected chi connectivity index (χ2v) is 5.65. The Hall–Kier alpha value is -2.35. The van der Waals surface area contributed by atoms with Gasteiger partial charge in [0.15, 0.2) is 5.16 Å². The van der Waals surface area contributed by atoms with E-state index < -0.39 is 5.25 Å². The highest BCUT2D eigenvalue weighted by atomic mass is 32.2. The van der Waals surface area contributed by atoms with Crippen LogP contribution in [0.4, 0.5) is 5.69 Å². The molecule has 1 unspecified atom stereocenters. The van der Waals surface area contributed by atoms with E-state index in [9.17, 15) is 9.59 Å². The van der Waals surface area contributed by atoms with Gasteiger partial charge in [-0.25, -0.2) is 0 Å². The van der Waals surface area contributed by atoms with Crippen molar-refractivity contribution in [1.29, 1.82) is 0 Å². The SMILES string of the molecule is CCOc1ccccc1NC(=O)C(C)Sc1nncc(=O)[nH]1. The molecule has 0 aliphatic heterocycles. The summed E-state index contributed by atoms with van der Waals surface area (Å²) in [4.78, 5) is 25.9. The summed E-state index contributed by atoms with van der Waals surface area (Å²) >= 11 is 1.12. The molecule has 8 heteroatoms. The smallest absolute Gasteiger partial charge is 0.270 e. The second kappa shape index (κ2) is 7.60. The van der Waals surface area contributed by atoms with Gasteiger partial charge >= 0.3 is 0 Å². The number of amides is 1. The molecule has 22 heavy (non-hydrogen) atoms. The van der Waals surface area contributed by atoms with E-state index in [0.717, 1.165) is 18.0 Å². The molecule has 2 rings (SSSR count). The zero-order valence-corrected chi connectivity index (χ0v) is 13.0. The second-order valence-electron chi connectivity index (χ2n) is 4.32. The van der Waals surface area contributed by atoms with E-state index >= 15 is 0 Å². The van der Waals surface area contributed by atoms with Gasteiger partial charge in [0.1, 0.15) is 11.9 Å². The summed E-state index contributed by atoms with van der Waals surface area (Å²) in [5.41, 5.74) is 0.251. The maximum absolute atomic E-state index is 12.2. The summed E-state index contributed by atoms with van der Waals surface area (Å²) in [6.07, 6.45) is 1.08. The number of para-hydroxylation sites is 2. The summed E-state index contributed by atoms with van der Waals surface area (Å²) in [5, 5.41) is 9.97. The number of nitrogens with one attached hydrogen (secondary N) is 2. The number of carbonyl (C=O) groups excluding carboxylic acids is 1. The van der Waals surface area contributed by atoms with Gasteiger partial charge in [-0.05, 0) is 26.0 Å². The van der Waals surface area contributed by atoms with Crippen LogP contribution in [0.5, 0.6) is 5.75 Å². The Balaban J connectivity index is 2.04. The van der Waals surface area contributed by atoms with Crippen molar-refractivity contribution in [3.05, 3.63) is 40.8 Å². The number of nitrogens with zero attached hydrogens (tertiary/aromatic N) is 2. The van der Waals surface area contributed by atoms with Gasteiger partial charge in [-0.2, -0.15) is 5.10 Å². The fourth-order valence-corrected chi connectivity index (χ4v) is 2.41. The lowest BCUT2D eigenvalue weighted by molar-refractivity contribution is -0.115. The number of H-pyrrole nitrogens is 1. The molecule has 1 aromatic carbocycles. The van der Waals surface area contributed by atoms with Crippen LogP contribution in [0.2, 0.25) is 0 Å². The number of rotatable bonds is 6. The Labute approximate surface area is 131 Å². The van der Waals surface area contributed by atoms with Crippen molar-refractivity contribution < 1.29 is 9.53 Å². The molecule has 1 atom stereocenters. The Kier molecular flexibility index (Phi) is 5.54. The maximum Gasteiger partial charge on any atom is 0.270 e. The number of aromatic nitrogens is 3. The van der Waals surface area contributed by atoms with Crippen LogP contribution < -0.4 is 15.6 Å².